The van der Waals surface area contributed by atoms with Crippen molar-refractivity contribution in [2.75, 3.05) is 0 Å². The molecule has 29 heavy (non-hydrogen) atoms. The maximum atomic E-state index is 10.8. The molecule has 0 atom stereocenters. The molecule has 0 unspecified atom stereocenters. The third-order valence-corrected chi connectivity index (χ3v) is 5.65. The lowest BCUT2D eigenvalue weighted by Crippen LogP contribution is -2.47. The van der Waals surface area contributed by atoms with Gasteiger partial charge in [0.05, 0.1) is 6.42 Å². The van der Waals surface area contributed by atoms with Gasteiger partial charge >= 0.3 is 11.9 Å². The number of hydrogen-bond donors (Lipinski definition) is 0. The molecule has 7 heteroatoms. The molecule has 0 saturated carbocycles. The van der Waals surface area contributed by atoms with E-state index in [4.69, 9.17) is 0 Å². The molecule has 1 radical (unpaired) electrons. The molecule has 0 bridgehead atoms. The van der Waals surface area contributed by atoms with Crippen molar-refractivity contribution in [2.24, 2.45) is 0 Å². The van der Waals surface area contributed by atoms with Crippen molar-refractivity contribution in [1.82, 2.24) is 0 Å². The molecule has 0 N–H and O–H groups in total. The van der Waals surface area contributed by atoms with Gasteiger partial charge in [0, 0.05) is 0 Å². The molecule has 0 aromatic heterocycles. The van der Waals surface area contributed by atoms with Crippen LogP contribution in [-0.2, 0) is 4.79 Å². The zero-order valence-corrected chi connectivity index (χ0v) is 18.4. The molecule has 7 nitrogen and oxygen atoms in total. The van der Waals surface area contributed by atoms with Crippen LogP contribution in [0.25, 0.3) is 0 Å². The van der Waals surface area contributed by atoms with E-state index in [1.54, 1.807) is 0 Å². The molecule has 0 fully saturated rings. The Morgan fingerprint density at radius 2 is 0.862 bits per heavy atom. The van der Waals surface area contributed by atoms with Crippen molar-refractivity contribution in [3.8, 4) is 0 Å². The number of nitrogens with zero attached hydrogens (tertiary/aromatic N) is 2. The molecule has 0 aliphatic rings. The second kappa shape index (κ2) is 18.5. The van der Waals surface area contributed by atoms with Gasteiger partial charge in [-0.25, -0.2) is 0 Å². The van der Waals surface area contributed by atoms with E-state index in [0.717, 1.165) is 25.5 Å². The average Bonchev–Trinajstić information content (AvgIpc) is 2.69. The lowest BCUT2D eigenvalue weighted by molar-refractivity contribution is -0.772. The second-order valence-electron chi connectivity index (χ2n) is 8.19. The highest BCUT2D eigenvalue weighted by Gasteiger charge is 2.57. The van der Waals surface area contributed by atoms with Crippen molar-refractivity contribution in [2.45, 2.75) is 135 Å². The number of nitro groups is 2. The monoisotopic (exact) mass is 413 g/mol. The summed E-state index contributed by atoms with van der Waals surface area (Å²) in [4.78, 5) is 30.1. The number of rotatable bonds is 22. The van der Waals surface area contributed by atoms with Gasteiger partial charge in [0.2, 0.25) is 0 Å². The zero-order valence-electron chi connectivity index (χ0n) is 18.4. The predicted molar refractivity (Wildman–Crippen MR) is 116 cm³/mol. The van der Waals surface area contributed by atoms with Gasteiger partial charge in [-0.15, -0.1) is 0 Å². The Bertz CT molecular complexity index is 429. The van der Waals surface area contributed by atoms with Crippen LogP contribution in [0.15, 0.2) is 0 Å². The van der Waals surface area contributed by atoms with E-state index in [2.05, 4.69) is 6.92 Å². The maximum Gasteiger partial charge on any atom is 0.523 e. The summed E-state index contributed by atoms with van der Waals surface area (Å²) in [5, 5.41) is 21.6. The summed E-state index contributed by atoms with van der Waals surface area (Å²) in [6.07, 6.45) is 22.1. The van der Waals surface area contributed by atoms with E-state index in [0.29, 0.717) is 12.8 Å². The lowest BCUT2D eigenvalue weighted by Gasteiger charge is -2.09. The molecule has 0 rings (SSSR count). The van der Waals surface area contributed by atoms with Gasteiger partial charge in [0.15, 0.2) is 0 Å². The Hall–Kier alpha value is -1.53. The highest BCUT2D eigenvalue weighted by Crippen LogP contribution is 2.19. The zero-order chi connectivity index (χ0) is 21.8. The molecule has 0 aromatic carbocycles. The van der Waals surface area contributed by atoms with Crippen LogP contribution < -0.4 is 0 Å². The van der Waals surface area contributed by atoms with E-state index in [9.17, 15) is 25.0 Å². The van der Waals surface area contributed by atoms with Crippen LogP contribution >= 0.6 is 0 Å². The van der Waals surface area contributed by atoms with Crippen LogP contribution in [0.4, 0.5) is 0 Å². The van der Waals surface area contributed by atoms with Gasteiger partial charge < -0.3 is 0 Å². The standard InChI is InChI=1S/C22H41N2O5/c1-2-3-4-5-6-7-8-9-10-11-12-13-14-15-16-17-18-19-20-22(21-25,23(26)27)24(28)29/h2-20H2,1H3. The summed E-state index contributed by atoms with van der Waals surface area (Å²) in [7, 11) is 0. The first-order valence-corrected chi connectivity index (χ1v) is 11.7. The summed E-state index contributed by atoms with van der Waals surface area (Å²) >= 11 is 0. The molecular formula is C22H41N2O5. The first kappa shape index (κ1) is 27.5. The molecule has 0 amide bonds. The SMILES string of the molecule is CCCCCCCCCCCCCCCCCCCCC([C]=O)([N+](=O)[O-])[N+](=O)[O-]. The molecule has 169 valence electrons. The van der Waals surface area contributed by atoms with E-state index < -0.39 is 15.5 Å². The normalized spacial score (nSPS) is 11.5. The van der Waals surface area contributed by atoms with Crippen molar-refractivity contribution < 1.29 is 14.6 Å². The van der Waals surface area contributed by atoms with Crippen LogP contribution in [-0.4, -0.2) is 21.8 Å². The van der Waals surface area contributed by atoms with Crippen LogP contribution in [0.1, 0.15) is 129 Å². The Labute approximate surface area is 176 Å². The van der Waals surface area contributed by atoms with Gasteiger partial charge in [0.1, 0.15) is 9.85 Å². The molecule has 0 saturated heterocycles. The quantitative estimate of drug-likeness (QED) is 0.0842. The summed E-state index contributed by atoms with van der Waals surface area (Å²) in [5.41, 5.74) is -2.78. The molecular weight excluding hydrogens is 372 g/mol. The Balaban J connectivity index is 3.41. The Morgan fingerprint density at radius 3 is 1.10 bits per heavy atom. The van der Waals surface area contributed by atoms with Crippen molar-refractivity contribution in [3.05, 3.63) is 20.2 Å². The second-order valence-corrected chi connectivity index (χ2v) is 8.19. The van der Waals surface area contributed by atoms with E-state index in [1.807, 2.05) is 0 Å². The Morgan fingerprint density at radius 1 is 0.586 bits per heavy atom. The predicted octanol–water partition coefficient (Wildman–Crippen LogP) is 6.78. The highest BCUT2D eigenvalue weighted by molar-refractivity contribution is 5.59. The van der Waals surface area contributed by atoms with Crippen molar-refractivity contribution in [1.29, 1.82) is 0 Å². The summed E-state index contributed by atoms with van der Waals surface area (Å²) in [6, 6.07) is 0. The minimum absolute atomic E-state index is 0.301. The summed E-state index contributed by atoms with van der Waals surface area (Å²) < 4.78 is 0. The summed E-state index contributed by atoms with van der Waals surface area (Å²) in [6.45, 7) is 2.25. The fourth-order valence-corrected chi connectivity index (χ4v) is 3.65. The first-order chi connectivity index (χ1) is 14.0. The topological polar surface area (TPSA) is 103 Å². The van der Waals surface area contributed by atoms with E-state index in [-0.39, 0.29) is 6.42 Å². The van der Waals surface area contributed by atoms with Gasteiger partial charge in [0.25, 0.3) is 0 Å². The first-order valence-electron chi connectivity index (χ1n) is 11.7. The molecule has 0 aromatic rings. The lowest BCUT2D eigenvalue weighted by atomic mass is 10.0. The van der Waals surface area contributed by atoms with Gasteiger partial charge in [-0.1, -0.05) is 116 Å². The van der Waals surface area contributed by atoms with Crippen LogP contribution in [0.2, 0.25) is 0 Å². The largest absolute Gasteiger partial charge is 0.523 e. The maximum absolute atomic E-state index is 10.8. The van der Waals surface area contributed by atoms with Crippen LogP contribution in [0, 0.1) is 20.2 Å². The number of unbranched alkanes of at least 4 members (excludes halogenated alkanes) is 17. The fourth-order valence-electron chi connectivity index (χ4n) is 3.65. The third-order valence-electron chi connectivity index (χ3n) is 5.65. The number of carbonyl (C=O) groups excluding carboxylic acids is 1. The van der Waals surface area contributed by atoms with Crippen LogP contribution in [0.3, 0.4) is 0 Å². The van der Waals surface area contributed by atoms with Gasteiger partial charge in [-0.3, -0.25) is 25.0 Å². The molecule has 0 aliphatic heterocycles. The highest BCUT2D eigenvalue weighted by atomic mass is 16.7. The van der Waals surface area contributed by atoms with Gasteiger partial charge in [-0.2, -0.15) is 0 Å². The molecule has 0 spiro atoms. The number of hydrogen-bond acceptors (Lipinski definition) is 5. The molecule has 0 aliphatic carbocycles. The van der Waals surface area contributed by atoms with E-state index in [1.165, 1.54) is 83.5 Å². The fraction of sp³-hybridized carbons (Fsp3) is 0.955. The minimum Gasteiger partial charge on any atom is -0.273 e. The average molecular weight is 414 g/mol. The third kappa shape index (κ3) is 13.3. The smallest absolute Gasteiger partial charge is 0.273 e. The summed E-state index contributed by atoms with van der Waals surface area (Å²) in [5.74, 6) is 0. The van der Waals surface area contributed by atoms with Crippen LogP contribution in [0.5, 0.6) is 0 Å². The van der Waals surface area contributed by atoms with Gasteiger partial charge in [-0.05, 0) is 6.42 Å². The minimum atomic E-state index is -2.78. The van der Waals surface area contributed by atoms with Crippen molar-refractivity contribution in [3.63, 3.8) is 0 Å². The van der Waals surface area contributed by atoms with Crippen molar-refractivity contribution >= 4 is 6.29 Å². The van der Waals surface area contributed by atoms with E-state index >= 15 is 0 Å². The molecule has 0 heterocycles. The Kier molecular flexibility index (Phi) is 17.5.